The van der Waals surface area contributed by atoms with Crippen molar-refractivity contribution in [1.82, 2.24) is 19.2 Å². The Bertz CT molecular complexity index is 1470. The molecule has 0 unspecified atom stereocenters. The molecule has 33 heavy (non-hydrogen) atoms. The molecule has 3 heterocycles. The Hall–Kier alpha value is -4.39. The second-order valence-corrected chi connectivity index (χ2v) is 7.88. The van der Waals surface area contributed by atoms with E-state index in [0.29, 0.717) is 11.3 Å². The molecule has 0 aliphatic heterocycles. The predicted octanol–water partition coefficient (Wildman–Crippen LogP) is 5.06. The van der Waals surface area contributed by atoms with E-state index in [4.69, 9.17) is 4.74 Å². The van der Waals surface area contributed by atoms with Gasteiger partial charge in [-0.3, -0.25) is 14.3 Å². The topological polar surface area (TPSA) is 73.5 Å². The van der Waals surface area contributed by atoms with Gasteiger partial charge in [-0.15, -0.1) is 0 Å². The van der Waals surface area contributed by atoms with Crippen LogP contribution in [0.3, 0.4) is 0 Å². The zero-order valence-electron chi connectivity index (χ0n) is 18.6. The van der Waals surface area contributed by atoms with Gasteiger partial charge in [-0.2, -0.15) is 5.10 Å². The van der Waals surface area contributed by atoms with Crippen molar-refractivity contribution >= 4 is 17.2 Å². The monoisotopic (exact) mass is 437 g/mol. The van der Waals surface area contributed by atoms with Gasteiger partial charge in [-0.05, 0) is 61.4 Å². The summed E-state index contributed by atoms with van der Waals surface area (Å²) in [5, 5.41) is 7.73. The third kappa shape index (κ3) is 3.85. The van der Waals surface area contributed by atoms with Crippen molar-refractivity contribution in [3.63, 3.8) is 0 Å². The van der Waals surface area contributed by atoms with Crippen LogP contribution in [0.1, 0.15) is 21.5 Å². The van der Waals surface area contributed by atoms with Gasteiger partial charge in [0.25, 0.3) is 5.91 Å². The average molecular weight is 438 g/mol. The number of aromatic nitrogens is 4. The highest BCUT2D eigenvalue weighted by molar-refractivity contribution is 6.05. The quantitative estimate of drug-likeness (QED) is 0.417. The normalized spacial score (nSPS) is 11.0. The first-order chi connectivity index (χ1) is 16.0. The summed E-state index contributed by atoms with van der Waals surface area (Å²) < 4.78 is 9.16. The molecule has 5 aromatic rings. The Morgan fingerprint density at radius 1 is 1.00 bits per heavy atom. The van der Waals surface area contributed by atoms with E-state index in [1.54, 1.807) is 37.7 Å². The standard InChI is InChI=1S/C26H23N5O2/c1-17-12-18(2)24(14-22(17)28-26(32)19-6-4-8-21(13-19)33-3)30-10-11-31-25(30)15-23(29-31)20-7-5-9-27-16-20/h4-16H,1-3H3,(H,28,32). The van der Waals surface area contributed by atoms with E-state index in [9.17, 15) is 4.79 Å². The van der Waals surface area contributed by atoms with Crippen LogP contribution in [0.4, 0.5) is 5.69 Å². The van der Waals surface area contributed by atoms with Crippen molar-refractivity contribution in [3.8, 4) is 22.7 Å². The Morgan fingerprint density at radius 3 is 2.67 bits per heavy atom. The number of benzene rings is 2. The summed E-state index contributed by atoms with van der Waals surface area (Å²) in [5.74, 6) is 0.455. The van der Waals surface area contributed by atoms with Gasteiger partial charge in [0.1, 0.15) is 11.4 Å². The van der Waals surface area contributed by atoms with Gasteiger partial charge in [0.2, 0.25) is 0 Å². The first-order valence-electron chi connectivity index (χ1n) is 10.6. The Kier molecular flexibility index (Phi) is 5.14. The number of amides is 1. The fraction of sp³-hybridized carbons (Fsp3) is 0.115. The summed E-state index contributed by atoms with van der Waals surface area (Å²) in [6, 6.07) is 17.1. The van der Waals surface area contributed by atoms with Crippen molar-refractivity contribution in [2.45, 2.75) is 13.8 Å². The number of methoxy groups -OCH3 is 1. The van der Waals surface area contributed by atoms with Crippen LogP contribution in [-0.4, -0.2) is 32.2 Å². The van der Waals surface area contributed by atoms with Gasteiger partial charge in [0.15, 0.2) is 0 Å². The minimum Gasteiger partial charge on any atom is -0.497 e. The van der Waals surface area contributed by atoms with Crippen LogP contribution in [-0.2, 0) is 0 Å². The predicted molar refractivity (Wildman–Crippen MR) is 128 cm³/mol. The number of anilines is 1. The lowest BCUT2D eigenvalue weighted by Gasteiger charge is -2.15. The van der Waals surface area contributed by atoms with Crippen LogP contribution >= 0.6 is 0 Å². The molecule has 0 saturated carbocycles. The number of fused-ring (bicyclic) bond motifs is 1. The molecule has 0 fully saturated rings. The molecule has 0 aliphatic carbocycles. The molecule has 0 spiro atoms. The summed E-state index contributed by atoms with van der Waals surface area (Å²) in [4.78, 5) is 17.1. The lowest BCUT2D eigenvalue weighted by Crippen LogP contribution is -2.13. The van der Waals surface area contributed by atoms with E-state index in [2.05, 4.69) is 33.0 Å². The van der Waals surface area contributed by atoms with Gasteiger partial charge in [0.05, 0.1) is 18.5 Å². The number of imidazole rings is 1. The second-order valence-electron chi connectivity index (χ2n) is 7.88. The first kappa shape index (κ1) is 20.5. The van der Waals surface area contributed by atoms with E-state index in [-0.39, 0.29) is 5.91 Å². The summed E-state index contributed by atoms with van der Waals surface area (Å²) >= 11 is 0. The largest absolute Gasteiger partial charge is 0.497 e. The molecule has 1 amide bonds. The molecular formula is C26H23N5O2. The number of carbonyl (C=O) groups is 1. The molecule has 7 nitrogen and oxygen atoms in total. The van der Waals surface area contributed by atoms with Gasteiger partial charge in [0, 0.05) is 47.7 Å². The second kappa shape index (κ2) is 8.27. The number of ether oxygens (including phenoxy) is 1. The van der Waals surface area contributed by atoms with E-state index >= 15 is 0 Å². The molecular weight excluding hydrogens is 414 g/mol. The molecule has 5 rings (SSSR count). The number of aryl methyl sites for hydroxylation is 2. The zero-order chi connectivity index (χ0) is 22.9. The van der Waals surface area contributed by atoms with E-state index in [0.717, 1.165) is 39.4 Å². The molecule has 7 heteroatoms. The van der Waals surface area contributed by atoms with Crippen LogP contribution in [0.25, 0.3) is 22.6 Å². The van der Waals surface area contributed by atoms with Crippen molar-refractivity contribution in [2.24, 2.45) is 0 Å². The number of carbonyl (C=O) groups excluding carboxylic acids is 1. The van der Waals surface area contributed by atoms with Crippen molar-refractivity contribution in [1.29, 1.82) is 0 Å². The molecule has 164 valence electrons. The highest BCUT2D eigenvalue weighted by Crippen LogP contribution is 2.28. The molecule has 0 aliphatic rings. The number of pyridine rings is 1. The van der Waals surface area contributed by atoms with Crippen molar-refractivity contribution < 1.29 is 9.53 Å². The maximum absolute atomic E-state index is 12.9. The molecule has 0 radical (unpaired) electrons. The summed E-state index contributed by atoms with van der Waals surface area (Å²) in [5.41, 5.74) is 7.07. The molecule has 0 atom stereocenters. The Labute approximate surface area is 191 Å². The van der Waals surface area contributed by atoms with E-state index in [1.807, 2.05) is 54.2 Å². The van der Waals surface area contributed by atoms with Crippen LogP contribution < -0.4 is 10.1 Å². The van der Waals surface area contributed by atoms with Gasteiger partial charge >= 0.3 is 0 Å². The summed E-state index contributed by atoms with van der Waals surface area (Å²) in [6.45, 7) is 4.05. The minimum absolute atomic E-state index is 0.187. The molecule has 3 aromatic heterocycles. The molecule has 1 N–H and O–H groups in total. The number of nitrogens with zero attached hydrogens (tertiary/aromatic N) is 4. The van der Waals surface area contributed by atoms with Crippen LogP contribution in [0.15, 0.2) is 79.4 Å². The van der Waals surface area contributed by atoms with Gasteiger partial charge in [-0.25, -0.2) is 4.52 Å². The Morgan fingerprint density at radius 2 is 1.88 bits per heavy atom. The number of rotatable bonds is 5. The highest BCUT2D eigenvalue weighted by atomic mass is 16.5. The van der Waals surface area contributed by atoms with Crippen molar-refractivity contribution in [2.75, 3.05) is 12.4 Å². The molecule has 0 bridgehead atoms. The highest BCUT2D eigenvalue weighted by Gasteiger charge is 2.15. The van der Waals surface area contributed by atoms with Crippen molar-refractivity contribution in [3.05, 3.63) is 96.1 Å². The number of hydrogen-bond acceptors (Lipinski definition) is 4. The van der Waals surface area contributed by atoms with Crippen LogP contribution in [0.5, 0.6) is 5.75 Å². The minimum atomic E-state index is -0.187. The summed E-state index contributed by atoms with van der Waals surface area (Å²) in [7, 11) is 1.58. The molecule has 2 aromatic carbocycles. The zero-order valence-corrected chi connectivity index (χ0v) is 18.6. The summed E-state index contributed by atoms with van der Waals surface area (Å²) in [6.07, 6.45) is 7.44. The van der Waals surface area contributed by atoms with Gasteiger partial charge < -0.3 is 10.1 Å². The third-order valence-electron chi connectivity index (χ3n) is 5.66. The number of nitrogens with one attached hydrogen (secondary N) is 1. The smallest absolute Gasteiger partial charge is 0.255 e. The SMILES string of the molecule is COc1cccc(C(=O)Nc2cc(-n3ccn4nc(-c5cccnc5)cc34)c(C)cc2C)c1. The fourth-order valence-electron chi connectivity index (χ4n) is 3.93. The van der Waals surface area contributed by atoms with Gasteiger partial charge in [-0.1, -0.05) is 12.1 Å². The maximum Gasteiger partial charge on any atom is 0.255 e. The maximum atomic E-state index is 12.9. The lowest BCUT2D eigenvalue weighted by molar-refractivity contribution is 0.102. The lowest BCUT2D eigenvalue weighted by atomic mass is 10.1. The first-order valence-corrected chi connectivity index (χ1v) is 10.6. The number of hydrogen-bond donors (Lipinski definition) is 1. The Balaban J connectivity index is 1.52. The average Bonchev–Trinajstić information content (AvgIpc) is 3.43. The molecule has 0 saturated heterocycles. The van der Waals surface area contributed by atoms with Crippen LogP contribution in [0, 0.1) is 13.8 Å². The van der Waals surface area contributed by atoms with E-state index in [1.165, 1.54) is 0 Å². The third-order valence-corrected chi connectivity index (χ3v) is 5.66. The van der Waals surface area contributed by atoms with Crippen LogP contribution in [0.2, 0.25) is 0 Å². The fourth-order valence-corrected chi connectivity index (χ4v) is 3.93. The van der Waals surface area contributed by atoms with E-state index < -0.39 is 0 Å².